The fourth-order valence-corrected chi connectivity index (χ4v) is 2.46. The molecule has 0 bridgehead atoms. The maximum atomic E-state index is 11.9. The van der Waals surface area contributed by atoms with Crippen molar-refractivity contribution in [1.82, 2.24) is 0 Å². The highest BCUT2D eigenvalue weighted by atomic mass is 16.7. The second-order valence-corrected chi connectivity index (χ2v) is 6.17. The largest absolute Gasteiger partial charge is 0.491 e. The van der Waals surface area contributed by atoms with Crippen LogP contribution in [-0.4, -0.2) is 30.9 Å². The zero-order chi connectivity index (χ0) is 14.3. The molecule has 0 spiro atoms. The van der Waals surface area contributed by atoms with Crippen molar-refractivity contribution < 1.29 is 18.8 Å². The van der Waals surface area contributed by atoms with Crippen LogP contribution in [0.2, 0.25) is 0 Å². The molecule has 0 aromatic heterocycles. The molecule has 2 aliphatic rings. The van der Waals surface area contributed by atoms with Crippen LogP contribution in [0.1, 0.15) is 53.9 Å². The summed E-state index contributed by atoms with van der Waals surface area (Å²) in [4.78, 5) is 11.9. The van der Waals surface area contributed by atoms with Gasteiger partial charge in [-0.25, -0.2) is 4.79 Å². The molecule has 2 rings (SSSR count). The van der Waals surface area contributed by atoms with Crippen molar-refractivity contribution in [1.29, 1.82) is 0 Å². The van der Waals surface area contributed by atoms with E-state index < -0.39 is 7.12 Å². The molecule has 0 aromatic rings. The van der Waals surface area contributed by atoms with Crippen LogP contribution in [0, 0.1) is 0 Å². The van der Waals surface area contributed by atoms with Gasteiger partial charge in [-0.2, -0.15) is 0 Å². The van der Waals surface area contributed by atoms with Gasteiger partial charge in [0.2, 0.25) is 0 Å². The molecule has 0 unspecified atom stereocenters. The van der Waals surface area contributed by atoms with Gasteiger partial charge in [-0.05, 0) is 59.4 Å². The van der Waals surface area contributed by atoms with Crippen LogP contribution >= 0.6 is 0 Å². The van der Waals surface area contributed by atoms with E-state index >= 15 is 0 Å². The van der Waals surface area contributed by atoms with Gasteiger partial charge < -0.3 is 14.0 Å². The Morgan fingerprint density at radius 1 is 1.21 bits per heavy atom. The van der Waals surface area contributed by atoms with E-state index in [0.29, 0.717) is 6.61 Å². The Balaban J connectivity index is 2.22. The minimum atomic E-state index is -0.410. The predicted octanol–water partition coefficient (Wildman–Crippen LogP) is 2.66. The van der Waals surface area contributed by atoms with Crippen LogP contribution in [0.4, 0.5) is 0 Å². The number of allylic oxidation sites excluding steroid dienone is 1. The first-order valence-corrected chi connectivity index (χ1v) is 7.03. The minimum absolute atomic E-state index is 0.218. The normalized spacial score (nSPS) is 25.0. The Hall–Kier alpha value is -0.805. The minimum Gasteiger partial charge on any atom is -0.463 e. The summed E-state index contributed by atoms with van der Waals surface area (Å²) < 4.78 is 17.1. The Morgan fingerprint density at radius 2 is 1.79 bits per heavy atom. The van der Waals surface area contributed by atoms with E-state index in [9.17, 15) is 4.79 Å². The van der Waals surface area contributed by atoms with Crippen molar-refractivity contribution >= 4 is 13.1 Å². The van der Waals surface area contributed by atoms with Gasteiger partial charge in [-0.1, -0.05) is 0 Å². The fourth-order valence-electron chi connectivity index (χ4n) is 2.46. The average Bonchev–Trinajstić information content (AvgIpc) is 2.82. The van der Waals surface area contributed by atoms with E-state index in [-0.39, 0.29) is 17.2 Å². The molecule has 0 atom stereocenters. The lowest BCUT2D eigenvalue weighted by Gasteiger charge is -2.32. The first-order valence-electron chi connectivity index (χ1n) is 7.03. The third-order valence-electron chi connectivity index (χ3n) is 4.32. The second kappa shape index (κ2) is 4.95. The number of ether oxygens (including phenoxy) is 1. The number of carbonyl (C=O) groups is 1. The van der Waals surface area contributed by atoms with Crippen LogP contribution in [0.15, 0.2) is 11.0 Å². The molecular formula is C14H23BO4. The Labute approximate surface area is 115 Å². The monoisotopic (exact) mass is 266 g/mol. The highest BCUT2D eigenvalue weighted by molar-refractivity contribution is 6.55. The molecule has 1 heterocycles. The zero-order valence-electron chi connectivity index (χ0n) is 12.5. The molecule has 1 fully saturated rings. The van der Waals surface area contributed by atoms with Crippen LogP contribution in [0.25, 0.3) is 0 Å². The van der Waals surface area contributed by atoms with E-state index in [1.165, 1.54) is 0 Å². The molecule has 19 heavy (non-hydrogen) atoms. The third-order valence-corrected chi connectivity index (χ3v) is 4.32. The summed E-state index contributed by atoms with van der Waals surface area (Å²) in [7, 11) is -0.410. The molecule has 106 valence electrons. The first kappa shape index (κ1) is 14.6. The molecule has 0 saturated carbocycles. The van der Waals surface area contributed by atoms with Gasteiger partial charge in [0, 0.05) is 5.57 Å². The third kappa shape index (κ3) is 2.58. The predicted molar refractivity (Wildman–Crippen MR) is 73.6 cm³/mol. The number of rotatable bonds is 3. The van der Waals surface area contributed by atoms with Crippen molar-refractivity contribution in [2.75, 3.05) is 6.61 Å². The SMILES string of the molecule is CCOC(=O)C1=C(B2OC(C)(C)C(C)(C)O2)CCC1. The zero-order valence-corrected chi connectivity index (χ0v) is 12.5. The molecule has 1 saturated heterocycles. The van der Waals surface area contributed by atoms with E-state index in [4.69, 9.17) is 14.0 Å². The maximum absolute atomic E-state index is 11.9. The summed E-state index contributed by atoms with van der Waals surface area (Å²) >= 11 is 0. The molecule has 0 aromatic carbocycles. The van der Waals surface area contributed by atoms with Gasteiger partial charge in [0.05, 0.1) is 17.8 Å². The number of esters is 1. The molecule has 0 N–H and O–H groups in total. The number of hydrogen-bond acceptors (Lipinski definition) is 4. The number of hydrogen-bond donors (Lipinski definition) is 0. The summed E-state index contributed by atoms with van der Waals surface area (Å²) in [5.41, 5.74) is 0.984. The van der Waals surface area contributed by atoms with Gasteiger partial charge in [0.1, 0.15) is 0 Å². The van der Waals surface area contributed by atoms with Gasteiger partial charge >= 0.3 is 13.1 Å². The molecular weight excluding hydrogens is 243 g/mol. The van der Waals surface area contributed by atoms with Crippen LogP contribution in [0.5, 0.6) is 0 Å². The van der Waals surface area contributed by atoms with Gasteiger partial charge in [0.25, 0.3) is 0 Å². The molecule has 1 aliphatic carbocycles. The average molecular weight is 266 g/mol. The topological polar surface area (TPSA) is 44.8 Å². The molecule has 5 heteroatoms. The Morgan fingerprint density at radius 3 is 2.32 bits per heavy atom. The maximum Gasteiger partial charge on any atom is 0.491 e. The van der Waals surface area contributed by atoms with Gasteiger partial charge in [0.15, 0.2) is 0 Å². The molecule has 0 amide bonds. The highest BCUT2D eigenvalue weighted by Gasteiger charge is 2.53. The Bertz CT molecular complexity index is 396. The summed E-state index contributed by atoms with van der Waals surface area (Å²) in [6.07, 6.45) is 2.58. The summed E-state index contributed by atoms with van der Waals surface area (Å²) in [6.45, 7) is 10.3. The lowest BCUT2D eigenvalue weighted by Crippen LogP contribution is -2.41. The van der Waals surface area contributed by atoms with Crippen LogP contribution in [-0.2, 0) is 18.8 Å². The van der Waals surface area contributed by atoms with Crippen molar-refractivity contribution in [2.24, 2.45) is 0 Å². The van der Waals surface area contributed by atoms with Crippen LogP contribution < -0.4 is 0 Å². The smallest absolute Gasteiger partial charge is 0.463 e. The molecule has 1 aliphatic heterocycles. The highest BCUT2D eigenvalue weighted by Crippen LogP contribution is 2.42. The van der Waals surface area contributed by atoms with E-state index in [2.05, 4.69) is 0 Å². The Kier molecular flexibility index (Phi) is 3.80. The lowest BCUT2D eigenvalue weighted by atomic mass is 9.75. The molecule has 4 nitrogen and oxygen atoms in total. The van der Waals surface area contributed by atoms with Gasteiger partial charge in [-0.15, -0.1) is 0 Å². The number of carbonyl (C=O) groups excluding carboxylic acids is 1. The molecule has 0 radical (unpaired) electrons. The lowest BCUT2D eigenvalue weighted by molar-refractivity contribution is -0.138. The van der Waals surface area contributed by atoms with Crippen molar-refractivity contribution in [3.8, 4) is 0 Å². The van der Waals surface area contributed by atoms with Gasteiger partial charge in [-0.3, -0.25) is 0 Å². The van der Waals surface area contributed by atoms with E-state index in [1.54, 1.807) is 0 Å². The first-order chi connectivity index (χ1) is 8.78. The summed E-state index contributed by atoms with van der Waals surface area (Å²) in [6, 6.07) is 0. The van der Waals surface area contributed by atoms with Crippen LogP contribution in [0.3, 0.4) is 0 Å². The van der Waals surface area contributed by atoms with Crippen molar-refractivity contribution in [3.05, 3.63) is 11.0 Å². The van der Waals surface area contributed by atoms with E-state index in [0.717, 1.165) is 30.3 Å². The quantitative estimate of drug-likeness (QED) is 0.582. The standard InChI is InChI=1S/C14H23BO4/c1-6-17-12(16)10-8-7-9-11(10)15-18-13(2,3)14(4,5)19-15/h6-9H2,1-5H3. The van der Waals surface area contributed by atoms with Crippen molar-refractivity contribution in [2.45, 2.75) is 65.1 Å². The summed E-state index contributed by atoms with van der Waals surface area (Å²) in [5.74, 6) is -0.218. The van der Waals surface area contributed by atoms with E-state index in [1.807, 2.05) is 34.6 Å². The summed E-state index contributed by atoms with van der Waals surface area (Å²) in [5, 5.41) is 0. The fraction of sp³-hybridized carbons (Fsp3) is 0.786. The second-order valence-electron chi connectivity index (χ2n) is 6.17. The van der Waals surface area contributed by atoms with Crippen molar-refractivity contribution in [3.63, 3.8) is 0 Å².